The first-order chi connectivity index (χ1) is 15.6. The minimum absolute atomic E-state index is 0.112. The van der Waals surface area contributed by atoms with E-state index in [0.717, 1.165) is 12.1 Å². The Morgan fingerprint density at radius 2 is 2.06 bits per heavy atom. The van der Waals surface area contributed by atoms with E-state index in [4.69, 9.17) is 4.74 Å². The summed E-state index contributed by atoms with van der Waals surface area (Å²) >= 11 is 2.76. The molecule has 3 aromatic heterocycles. The van der Waals surface area contributed by atoms with Gasteiger partial charge in [0.25, 0.3) is 5.91 Å². The Bertz CT molecular complexity index is 1180. The lowest BCUT2D eigenvalue weighted by Crippen LogP contribution is -2.14. The molecule has 3 heterocycles. The third-order valence-electron chi connectivity index (χ3n) is 4.15. The molecular formula is C21H19FN6O2S2. The number of aromatic nitrogens is 5. The van der Waals surface area contributed by atoms with E-state index in [2.05, 4.69) is 25.6 Å². The molecule has 0 aliphatic carbocycles. The smallest absolute Gasteiger partial charge is 0.281 e. The van der Waals surface area contributed by atoms with Crippen LogP contribution in [-0.2, 0) is 5.75 Å². The molecule has 0 aliphatic heterocycles. The highest BCUT2D eigenvalue weighted by atomic mass is 32.2. The van der Waals surface area contributed by atoms with Crippen molar-refractivity contribution in [3.05, 3.63) is 72.1 Å². The van der Waals surface area contributed by atoms with Crippen LogP contribution in [-0.4, -0.2) is 37.5 Å². The molecule has 1 amide bonds. The number of carbonyl (C=O) groups is 1. The van der Waals surface area contributed by atoms with E-state index in [1.165, 1.54) is 39.9 Å². The average Bonchev–Trinajstić information content (AvgIpc) is 3.44. The van der Waals surface area contributed by atoms with Gasteiger partial charge in [0, 0.05) is 11.9 Å². The second-order valence-electron chi connectivity index (χ2n) is 6.55. The van der Waals surface area contributed by atoms with E-state index in [9.17, 15) is 9.18 Å². The van der Waals surface area contributed by atoms with Gasteiger partial charge >= 0.3 is 0 Å². The Balaban J connectivity index is 1.47. The predicted molar refractivity (Wildman–Crippen MR) is 121 cm³/mol. The molecule has 11 heteroatoms. The number of anilines is 1. The van der Waals surface area contributed by atoms with Gasteiger partial charge in [-0.25, -0.2) is 9.07 Å². The fraction of sp³-hybridized carbons (Fsp3) is 0.190. The van der Waals surface area contributed by atoms with Gasteiger partial charge in [-0.05, 0) is 42.8 Å². The van der Waals surface area contributed by atoms with Crippen LogP contribution in [0.2, 0.25) is 0 Å². The molecule has 164 valence electrons. The number of hydrogen-bond donors (Lipinski definition) is 1. The van der Waals surface area contributed by atoms with Crippen molar-refractivity contribution in [2.45, 2.75) is 23.4 Å². The van der Waals surface area contributed by atoms with E-state index in [1.54, 1.807) is 24.5 Å². The zero-order valence-electron chi connectivity index (χ0n) is 17.1. The van der Waals surface area contributed by atoms with Gasteiger partial charge in [0.05, 0.1) is 24.2 Å². The molecule has 0 radical (unpaired) electrons. The molecule has 0 saturated heterocycles. The molecular weight excluding hydrogens is 451 g/mol. The summed E-state index contributed by atoms with van der Waals surface area (Å²) in [6.45, 7) is 2.40. The van der Waals surface area contributed by atoms with Gasteiger partial charge in [0.2, 0.25) is 5.13 Å². The van der Waals surface area contributed by atoms with Crippen molar-refractivity contribution in [2.24, 2.45) is 0 Å². The maximum atomic E-state index is 13.2. The lowest BCUT2D eigenvalue weighted by atomic mass is 10.3. The van der Waals surface area contributed by atoms with Crippen molar-refractivity contribution in [1.29, 1.82) is 0 Å². The van der Waals surface area contributed by atoms with Crippen LogP contribution in [0.1, 0.15) is 29.5 Å². The van der Waals surface area contributed by atoms with Crippen molar-refractivity contribution in [2.75, 3.05) is 11.9 Å². The molecule has 1 N–H and O–H groups in total. The molecule has 32 heavy (non-hydrogen) atoms. The molecule has 0 unspecified atom stereocenters. The summed E-state index contributed by atoms with van der Waals surface area (Å²) in [4.78, 5) is 17.2. The number of nitrogens with zero attached hydrogens (tertiary/aromatic N) is 5. The van der Waals surface area contributed by atoms with Crippen LogP contribution < -0.4 is 10.1 Å². The first-order valence-electron chi connectivity index (χ1n) is 9.78. The topological polar surface area (TPSA) is 94.8 Å². The molecule has 1 aromatic carbocycles. The number of thioether (sulfide) groups is 1. The van der Waals surface area contributed by atoms with Crippen molar-refractivity contribution < 1.29 is 13.9 Å². The molecule has 0 fully saturated rings. The first-order valence-corrected chi connectivity index (χ1v) is 11.6. The lowest BCUT2D eigenvalue weighted by molar-refractivity contribution is 0.101. The molecule has 4 rings (SSSR count). The summed E-state index contributed by atoms with van der Waals surface area (Å²) < 4.78 is 21.1. The van der Waals surface area contributed by atoms with Crippen molar-refractivity contribution in [1.82, 2.24) is 25.0 Å². The second-order valence-corrected chi connectivity index (χ2v) is 8.75. The number of ether oxygens (including phenoxy) is 1. The van der Waals surface area contributed by atoms with Crippen LogP contribution >= 0.6 is 23.1 Å². The maximum absolute atomic E-state index is 13.2. The number of halogens is 1. The molecule has 0 saturated carbocycles. The summed E-state index contributed by atoms with van der Waals surface area (Å²) in [7, 11) is 0. The highest BCUT2D eigenvalue weighted by Gasteiger charge is 2.21. The van der Waals surface area contributed by atoms with Gasteiger partial charge in [0.1, 0.15) is 5.82 Å². The van der Waals surface area contributed by atoms with E-state index < -0.39 is 5.91 Å². The molecule has 8 nitrogen and oxygen atoms in total. The minimum Gasteiger partial charge on any atom is -0.489 e. The second kappa shape index (κ2) is 10.3. The SMILES string of the molecule is CCCOc1cn(-c2ccc(F)cc2)nc1C(=O)Nc1nnc(SCc2ccccn2)s1. The summed E-state index contributed by atoms with van der Waals surface area (Å²) in [5, 5.41) is 15.6. The third kappa shape index (κ3) is 5.48. The summed E-state index contributed by atoms with van der Waals surface area (Å²) in [6.07, 6.45) is 4.12. The normalized spacial score (nSPS) is 10.8. The largest absolute Gasteiger partial charge is 0.489 e. The van der Waals surface area contributed by atoms with Crippen LogP contribution in [0.15, 0.2) is 59.2 Å². The van der Waals surface area contributed by atoms with Gasteiger partial charge in [-0.1, -0.05) is 36.1 Å². The summed E-state index contributed by atoms with van der Waals surface area (Å²) in [6, 6.07) is 11.5. The van der Waals surface area contributed by atoms with Crippen molar-refractivity contribution in [3.63, 3.8) is 0 Å². The fourth-order valence-corrected chi connectivity index (χ4v) is 4.32. The van der Waals surface area contributed by atoms with Crippen LogP contribution in [0.5, 0.6) is 5.75 Å². The molecule has 0 aliphatic rings. The quantitative estimate of drug-likeness (QED) is 0.282. The highest BCUT2D eigenvalue weighted by Crippen LogP contribution is 2.29. The number of nitrogens with one attached hydrogen (secondary N) is 1. The summed E-state index contributed by atoms with van der Waals surface area (Å²) in [5.74, 6) is 0.173. The monoisotopic (exact) mass is 470 g/mol. The van der Waals surface area contributed by atoms with Crippen molar-refractivity contribution in [3.8, 4) is 11.4 Å². The number of benzene rings is 1. The number of pyridine rings is 1. The Hall–Kier alpha value is -3.31. The van der Waals surface area contributed by atoms with Crippen LogP contribution in [0.4, 0.5) is 9.52 Å². The molecule has 0 bridgehead atoms. The van der Waals surface area contributed by atoms with E-state index in [0.29, 0.717) is 33.3 Å². The highest BCUT2D eigenvalue weighted by molar-refractivity contribution is 8.00. The Labute approximate surface area is 191 Å². The average molecular weight is 471 g/mol. The van der Waals surface area contributed by atoms with Crippen LogP contribution in [0, 0.1) is 5.82 Å². The van der Waals surface area contributed by atoms with Crippen LogP contribution in [0.3, 0.4) is 0 Å². The fourth-order valence-electron chi connectivity index (χ4n) is 2.65. The summed E-state index contributed by atoms with van der Waals surface area (Å²) in [5.41, 5.74) is 1.65. The maximum Gasteiger partial charge on any atom is 0.281 e. The Morgan fingerprint density at radius 3 is 2.81 bits per heavy atom. The van der Waals surface area contributed by atoms with Crippen molar-refractivity contribution >= 4 is 34.1 Å². The number of rotatable bonds is 9. The lowest BCUT2D eigenvalue weighted by Gasteiger charge is -2.03. The van der Waals surface area contributed by atoms with Crippen LogP contribution in [0.25, 0.3) is 5.69 Å². The standard InChI is InChI=1S/C21H19FN6O2S2/c1-2-11-30-17-12-28(16-8-6-14(22)7-9-16)27-18(17)19(29)24-20-25-26-21(32-20)31-13-15-5-3-4-10-23-15/h3-10,12H,2,11,13H2,1H3,(H,24,25,29). The first kappa shape index (κ1) is 21.9. The number of hydrogen-bond acceptors (Lipinski definition) is 8. The number of amides is 1. The zero-order chi connectivity index (χ0) is 22.3. The van der Waals surface area contributed by atoms with Gasteiger partial charge in [-0.2, -0.15) is 5.10 Å². The van der Waals surface area contributed by atoms with Gasteiger partial charge in [0.15, 0.2) is 15.8 Å². The predicted octanol–water partition coefficient (Wildman–Crippen LogP) is 4.59. The molecule has 4 aromatic rings. The van der Waals surface area contributed by atoms with E-state index in [-0.39, 0.29) is 11.5 Å². The molecule has 0 spiro atoms. The van der Waals surface area contributed by atoms with E-state index in [1.807, 2.05) is 25.1 Å². The zero-order valence-corrected chi connectivity index (χ0v) is 18.7. The Kier molecular flexibility index (Phi) is 7.07. The van der Waals surface area contributed by atoms with E-state index >= 15 is 0 Å². The molecule has 0 atom stereocenters. The minimum atomic E-state index is -0.464. The van der Waals surface area contributed by atoms with Gasteiger partial charge < -0.3 is 4.74 Å². The Morgan fingerprint density at radius 1 is 1.22 bits per heavy atom. The third-order valence-corrected chi connectivity index (χ3v) is 6.15. The van der Waals surface area contributed by atoms with Gasteiger partial charge in [-0.3, -0.25) is 15.1 Å². The number of carbonyl (C=O) groups excluding carboxylic acids is 1. The van der Waals surface area contributed by atoms with Gasteiger partial charge in [-0.15, -0.1) is 10.2 Å².